The normalized spacial score (nSPS) is 17.3. The van der Waals surface area contributed by atoms with Gasteiger partial charge in [-0.15, -0.1) is 0 Å². The lowest BCUT2D eigenvalue weighted by atomic mass is 9.97. The quantitative estimate of drug-likeness (QED) is 0.346. The molecule has 0 radical (unpaired) electrons. The third-order valence-electron chi connectivity index (χ3n) is 5.41. The van der Waals surface area contributed by atoms with Gasteiger partial charge in [-0.25, -0.2) is 0 Å². The number of hydrogen-bond donors (Lipinski definition) is 2. The Morgan fingerprint density at radius 1 is 1.12 bits per heavy atom. The predicted octanol–water partition coefficient (Wildman–Crippen LogP) is 4.18. The van der Waals surface area contributed by atoms with Crippen LogP contribution in [0.3, 0.4) is 0 Å². The molecule has 1 aliphatic rings. The van der Waals surface area contributed by atoms with Gasteiger partial charge in [-0.05, 0) is 67.1 Å². The molecule has 1 unspecified atom stereocenters. The third-order valence-corrected chi connectivity index (χ3v) is 5.41. The van der Waals surface area contributed by atoms with Crippen LogP contribution in [0.4, 0.5) is 11.4 Å². The Labute approximate surface area is 190 Å². The van der Waals surface area contributed by atoms with E-state index in [0.29, 0.717) is 34.0 Å². The zero-order valence-electron chi connectivity index (χ0n) is 18.3. The van der Waals surface area contributed by atoms with E-state index in [1.807, 2.05) is 0 Å². The van der Waals surface area contributed by atoms with Gasteiger partial charge in [-0.2, -0.15) is 0 Å². The number of rotatable bonds is 5. The molecule has 0 aliphatic carbocycles. The Balaban J connectivity index is 1.85. The summed E-state index contributed by atoms with van der Waals surface area (Å²) < 4.78 is 10.8. The Kier molecular flexibility index (Phi) is 5.74. The van der Waals surface area contributed by atoms with E-state index in [2.05, 4.69) is 5.32 Å². The molecule has 2 N–H and O–H groups in total. The second kappa shape index (κ2) is 8.66. The van der Waals surface area contributed by atoms with Crippen LogP contribution in [0.15, 0.2) is 70.9 Å². The number of nitrogens with one attached hydrogen (secondary N) is 1. The van der Waals surface area contributed by atoms with E-state index in [9.17, 15) is 19.5 Å². The van der Waals surface area contributed by atoms with E-state index >= 15 is 0 Å². The molecule has 1 fully saturated rings. The molecule has 1 aromatic heterocycles. The van der Waals surface area contributed by atoms with Crippen molar-refractivity contribution in [1.82, 2.24) is 0 Å². The molecule has 0 spiro atoms. The number of hydrogen-bond acceptors (Lipinski definition) is 6. The summed E-state index contributed by atoms with van der Waals surface area (Å²) in [5, 5.41) is 13.8. The zero-order chi connectivity index (χ0) is 23.7. The zero-order valence-corrected chi connectivity index (χ0v) is 18.3. The first-order chi connectivity index (χ1) is 15.8. The van der Waals surface area contributed by atoms with Crippen molar-refractivity contribution in [2.24, 2.45) is 0 Å². The van der Waals surface area contributed by atoms with Gasteiger partial charge in [0.15, 0.2) is 0 Å². The van der Waals surface area contributed by atoms with Gasteiger partial charge >= 0.3 is 0 Å². The van der Waals surface area contributed by atoms with Crippen LogP contribution in [0.1, 0.15) is 29.9 Å². The van der Waals surface area contributed by atoms with E-state index in [0.717, 1.165) is 0 Å². The summed E-state index contributed by atoms with van der Waals surface area (Å²) in [5.41, 5.74) is 1.97. The van der Waals surface area contributed by atoms with Crippen LogP contribution >= 0.6 is 0 Å². The van der Waals surface area contributed by atoms with Crippen molar-refractivity contribution in [2.45, 2.75) is 19.9 Å². The summed E-state index contributed by atoms with van der Waals surface area (Å²) in [6, 6.07) is 13.8. The van der Waals surface area contributed by atoms with Crippen molar-refractivity contribution >= 4 is 34.7 Å². The van der Waals surface area contributed by atoms with Gasteiger partial charge in [-0.3, -0.25) is 19.3 Å². The highest BCUT2D eigenvalue weighted by molar-refractivity contribution is 6.51. The van der Waals surface area contributed by atoms with Crippen LogP contribution in [0.5, 0.6) is 5.75 Å². The molecule has 168 valence electrons. The van der Waals surface area contributed by atoms with E-state index in [4.69, 9.17) is 9.15 Å². The Morgan fingerprint density at radius 2 is 1.85 bits per heavy atom. The molecule has 3 aromatic rings. The number of amides is 2. The predicted molar refractivity (Wildman–Crippen MR) is 122 cm³/mol. The summed E-state index contributed by atoms with van der Waals surface area (Å²) in [4.78, 5) is 38.8. The van der Waals surface area contributed by atoms with E-state index in [1.54, 1.807) is 61.5 Å². The van der Waals surface area contributed by atoms with Gasteiger partial charge < -0.3 is 19.6 Å². The smallest absolute Gasteiger partial charge is 0.300 e. The number of benzene rings is 2. The number of ketones is 1. The van der Waals surface area contributed by atoms with Crippen LogP contribution in [0.2, 0.25) is 0 Å². The van der Waals surface area contributed by atoms with Gasteiger partial charge in [0, 0.05) is 23.9 Å². The molecule has 1 atom stereocenters. The van der Waals surface area contributed by atoms with Gasteiger partial charge in [0.1, 0.15) is 23.3 Å². The van der Waals surface area contributed by atoms with E-state index in [-0.39, 0.29) is 17.2 Å². The van der Waals surface area contributed by atoms with Gasteiger partial charge in [-0.1, -0.05) is 0 Å². The molecule has 4 rings (SSSR count). The van der Waals surface area contributed by atoms with E-state index in [1.165, 1.54) is 25.2 Å². The molecule has 2 amide bonds. The standard InChI is InChI=1S/C25H22N2O6/c1-14-13-18(32-3)10-11-19(14)23(29)21-22(20-5-4-12-33-20)27(25(31)24(21)30)17-8-6-16(7-9-17)26-15(2)28/h4-13,22,29H,1-3H3,(H,26,28)/b23-21-. The number of aryl methyl sites for hydroxylation is 1. The number of carbonyl (C=O) groups excluding carboxylic acids is 3. The molecular formula is C25H22N2O6. The fourth-order valence-electron chi connectivity index (χ4n) is 3.90. The van der Waals surface area contributed by atoms with E-state index < -0.39 is 17.7 Å². The average molecular weight is 446 g/mol. The van der Waals surface area contributed by atoms with Gasteiger partial charge in [0.05, 0.1) is 18.9 Å². The summed E-state index contributed by atoms with van der Waals surface area (Å²) >= 11 is 0. The lowest BCUT2D eigenvalue weighted by molar-refractivity contribution is -0.132. The topological polar surface area (TPSA) is 109 Å². The summed E-state index contributed by atoms with van der Waals surface area (Å²) in [5.74, 6) is -1.22. The third kappa shape index (κ3) is 3.98. The summed E-state index contributed by atoms with van der Waals surface area (Å²) in [6.45, 7) is 3.17. The van der Waals surface area contributed by atoms with Crippen molar-refractivity contribution in [2.75, 3.05) is 17.3 Å². The van der Waals surface area contributed by atoms with Crippen LogP contribution in [0, 0.1) is 6.92 Å². The minimum atomic E-state index is -0.965. The number of anilines is 2. The van der Waals surface area contributed by atoms with Crippen molar-refractivity contribution < 1.29 is 28.6 Å². The summed E-state index contributed by atoms with van der Waals surface area (Å²) in [6.07, 6.45) is 1.44. The molecule has 8 nitrogen and oxygen atoms in total. The lowest BCUT2D eigenvalue weighted by Crippen LogP contribution is -2.29. The minimum absolute atomic E-state index is 0.0749. The number of Topliss-reactive ketones (excluding diaryl/α,β-unsaturated/α-hetero) is 1. The fourth-order valence-corrected chi connectivity index (χ4v) is 3.90. The maximum absolute atomic E-state index is 13.1. The molecule has 2 heterocycles. The van der Waals surface area contributed by atoms with Crippen LogP contribution < -0.4 is 15.0 Å². The largest absolute Gasteiger partial charge is 0.507 e. The fraction of sp³-hybridized carbons (Fsp3) is 0.160. The second-order valence-electron chi connectivity index (χ2n) is 7.59. The second-order valence-corrected chi connectivity index (χ2v) is 7.59. The molecule has 1 saturated heterocycles. The van der Waals surface area contributed by atoms with Crippen molar-refractivity contribution in [3.63, 3.8) is 0 Å². The Morgan fingerprint density at radius 3 is 2.42 bits per heavy atom. The molecule has 1 aliphatic heterocycles. The highest BCUT2D eigenvalue weighted by atomic mass is 16.5. The highest BCUT2D eigenvalue weighted by Gasteiger charge is 2.48. The van der Waals surface area contributed by atoms with Gasteiger partial charge in [0.25, 0.3) is 11.7 Å². The number of ether oxygens (including phenoxy) is 1. The number of nitrogens with zero attached hydrogens (tertiary/aromatic N) is 1. The first-order valence-corrected chi connectivity index (χ1v) is 10.2. The molecular weight excluding hydrogens is 424 g/mol. The lowest BCUT2D eigenvalue weighted by Gasteiger charge is -2.23. The molecule has 8 heteroatoms. The first kappa shape index (κ1) is 21.9. The summed E-state index contributed by atoms with van der Waals surface area (Å²) in [7, 11) is 1.54. The van der Waals surface area contributed by atoms with Crippen molar-refractivity contribution in [1.29, 1.82) is 0 Å². The Bertz CT molecular complexity index is 1260. The first-order valence-electron chi connectivity index (χ1n) is 10.2. The number of aliphatic hydroxyl groups excluding tert-OH is 1. The molecule has 0 saturated carbocycles. The Hall–Kier alpha value is -4.33. The highest BCUT2D eigenvalue weighted by Crippen LogP contribution is 2.43. The number of methoxy groups -OCH3 is 1. The number of furan rings is 1. The molecule has 33 heavy (non-hydrogen) atoms. The number of aliphatic hydroxyl groups is 1. The number of carbonyl (C=O) groups is 3. The minimum Gasteiger partial charge on any atom is -0.507 e. The van der Waals surface area contributed by atoms with Crippen LogP contribution in [0.25, 0.3) is 5.76 Å². The average Bonchev–Trinajstić information content (AvgIpc) is 3.40. The molecule has 0 bridgehead atoms. The van der Waals surface area contributed by atoms with Crippen LogP contribution in [-0.2, 0) is 14.4 Å². The maximum Gasteiger partial charge on any atom is 0.300 e. The van der Waals surface area contributed by atoms with Gasteiger partial charge in [0.2, 0.25) is 5.91 Å². The van der Waals surface area contributed by atoms with Crippen LogP contribution in [-0.4, -0.2) is 29.8 Å². The van der Waals surface area contributed by atoms with Crippen molar-refractivity contribution in [3.05, 3.63) is 83.3 Å². The SMILES string of the molecule is COc1ccc(/C(O)=C2/C(=O)C(=O)N(c3ccc(NC(C)=O)cc3)C2c2ccco2)c(C)c1. The maximum atomic E-state index is 13.1. The van der Waals surface area contributed by atoms with Crippen molar-refractivity contribution in [3.8, 4) is 5.75 Å². The monoisotopic (exact) mass is 446 g/mol. The molecule has 2 aromatic carbocycles.